The topological polar surface area (TPSA) is 95.1 Å². The van der Waals surface area contributed by atoms with Crippen LogP contribution in [-0.4, -0.2) is 50.4 Å². The Morgan fingerprint density at radius 1 is 0.875 bits per heavy atom. The fourth-order valence-electron chi connectivity index (χ4n) is 4.63. The summed E-state index contributed by atoms with van der Waals surface area (Å²) in [5.41, 5.74) is 9.29. The van der Waals surface area contributed by atoms with Gasteiger partial charge in [-0.1, -0.05) is 54.6 Å². The van der Waals surface area contributed by atoms with Gasteiger partial charge in [0, 0.05) is 42.0 Å². The number of methoxy groups -OCH3 is 1. The first-order chi connectivity index (χ1) is 19.5. The molecule has 0 saturated heterocycles. The first-order valence-electron chi connectivity index (χ1n) is 13.0. The molecule has 0 heterocycles. The number of hydrogen-bond donors (Lipinski definition) is 4. The van der Waals surface area contributed by atoms with Gasteiger partial charge in [0.25, 0.3) is 0 Å². The molecule has 0 spiro atoms. The van der Waals surface area contributed by atoms with Crippen molar-refractivity contribution >= 4 is 39.0 Å². The van der Waals surface area contributed by atoms with E-state index in [2.05, 4.69) is 16.2 Å². The highest BCUT2D eigenvalue weighted by Crippen LogP contribution is 2.46. The molecule has 0 fully saturated rings. The van der Waals surface area contributed by atoms with Gasteiger partial charge in [0.1, 0.15) is 17.2 Å². The summed E-state index contributed by atoms with van der Waals surface area (Å²) < 4.78 is 11.2. The van der Waals surface area contributed by atoms with Crippen molar-refractivity contribution in [1.82, 2.24) is 10.2 Å². The van der Waals surface area contributed by atoms with Crippen LogP contribution < -0.4 is 25.6 Å². The van der Waals surface area contributed by atoms with E-state index in [9.17, 15) is 9.90 Å². The zero-order valence-corrected chi connectivity index (χ0v) is 22.7. The third-order valence-electron chi connectivity index (χ3n) is 6.81. The second-order valence-corrected chi connectivity index (χ2v) is 9.40. The van der Waals surface area contributed by atoms with E-state index < -0.39 is 6.09 Å². The zero-order chi connectivity index (χ0) is 28.1. The molecule has 4 N–H and O–H groups in total. The number of likely N-dealkylation sites (N-methyl/N-ethyl adjacent to an activating group) is 2. The minimum atomic E-state index is -0.480. The number of rotatable bonds is 9. The predicted octanol–water partition coefficient (Wildman–Crippen LogP) is 6.46. The van der Waals surface area contributed by atoms with Crippen LogP contribution in [0.2, 0.25) is 0 Å². The predicted molar refractivity (Wildman–Crippen MR) is 161 cm³/mol. The van der Waals surface area contributed by atoms with E-state index in [0.717, 1.165) is 33.3 Å². The molecule has 204 valence electrons. The van der Waals surface area contributed by atoms with Crippen LogP contribution in [0.3, 0.4) is 0 Å². The lowest BCUT2D eigenvalue weighted by molar-refractivity contribution is 0.163. The highest BCUT2D eigenvalue weighted by atomic mass is 16.6. The summed E-state index contributed by atoms with van der Waals surface area (Å²) >= 11 is 0. The maximum Gasteiger partial charge on any atom is 0.415 e. The lowest BCUT2D eigenvalue weighted by atomic mass is 9.93. The minimum absolute atomic E-state index is 0.0998. The number of amides is 1. The SMILES string of the molecule is CNCCN(C)C(=O)Oc1ccc2ccccc2c1-c1cc(NNc2ccc(OC)cc2)c2ccccc2c1O. The van der Waals surface area contributed by atoms with Gasteiger partial charge in [-0.3, -0.25) is 0 Å². The fraction of sp³-hybridized carbons (Fsp3) is 0.156. The number of anilines is 2. The molecule has 0 aliphatic heterocycles. The van der Waals surface area contributed by atoms with Crippen molar-refractivity contribution in [2.24, 2.45) is 0 Å². The lowest BCUT2D eigenvalue weighted by Crippen LogP contribution is -2.34. The third-order valence-corrected chi connectivity index (χ3v) is 6.81. The molecule has 5 aromatic carbocycles. The summed E-state index contributed by atoms with van der Waals surface area (Å²) in [5.74, 6) is 1.22. The van der Waals surface area contributed by atoms with E-state index in [0.29, 0.717) is 35.4 Å². The molecular weight excluding hydrogens is 504 g/mol. The number of aromatic hydroxyl groups is 1. The molecule has 8 heteroatoms. The van der Waals surface area contributed by atoms with Crippen LogP contribution in [-0.2, 0) is 0 Å². The summed E-state index contributed by atoms with van der Waals surface area (Å²) in [6.45, 7) is 1.13. The Hall–Kier alpha value is -4.95. The molecule has 0 unspecified atom stereocenters. The standard InChI is InChI=1S/C32H32N4O4/c1-33-18-19-36(2)32(38)40-29-17-12-21-8-4-5-9-24(21)30(29)27-20-28(25-10-6-7-11-26(25)31(27)37)35-34-22-13-15-23(39-3)16-14-22/h4-17,20,33-35,37H,18-19H2,1-3H3. The quantitative estimate of drug-likeness (QED) is 0.127. The molecule has 8 nitrogen and oxygen atoms in total. The van der Waals surface area contributed by atoms with Crippen LogP contribution in [0.1, 0.15) is 0 Å². The summed E-state index contributed by atoms with van der Waals surface area (Å²) in [6, 6.07) is 28.6. The van der Waals surface area contributed by atoms with Gasteiger partial charge in [-0.15, -0.1) is 0 Å². The van der Waals surface area contributed by atoms with E-state index in [1.165, 1.54) is 4.90 Å². The Balaban J connectivity index is 1.62. The number of ether oxygens (including phenoxy) is 2. The summed E-state index contributed by atoms with van der Waals surface area (Å²) in [4.78, 5) is 14.5. The molecule has 0 saturated carbocycles. The molecule has 0 atom stereocenters. The van der Waals surface area contributed by atoms with E-state index >= 15 is 0 Å². The molecule has 0 aliphatic rings. The highest BCUT2D eigenvalue weighted by molar-refractivity contribution is 6.09. The number of nitrogens with one attached hydrogen (secondary N) is 3. The van der Waals surface area contributed by atoms with Gasteiger partial charge in [-0.25, -0.2) is 4.79 Å². The first kappa shape index (κ1) is 26.6. The van der Waals surface area contributed by atoms with E-state index in [1.807, 2.05) is 92.0 Å². The molecule has 0 bridgehead atoms. The van der Waals surface area contributed by atoms with Crippen LogP contribution in [0, 0.1) is 0 Å². The molecule has 40 heavy (non-hydrogen) atoms. The van der Waals surface area contributed by atoms with Crippen molar-refractivity contribution in [3.05, 3.63) is 91.0 Å². The largest absolute Gasteiger partial charge is 0.507 e. The van der Waals surface area contributed by atoms with Crippen LogP contribution in [0.5, 0.6) is 17.2 Å². The Morgan fingerprint density at radius 3 is 2.30 bits per heavy atom. The van der Waals surface area contributed by atoms with Gasteiger partial charge in [0.2, 0.25) is 0 Å². The third kappa shape index (κ3) is 5.43. The van der Waals surface area contributed by atoms with E-state index in [-0.39, 0.29) is 5.75 Å². The van der Waals surface area contributed by atoms with Crippen LogP contribution >= 0.6 is 0 Å². The summed E-state index contributed by atoms with van der Waals surface area (Å²) in [7, 11) is 5.16. The molecule has 1 amide bonds. The van der Waals surface area contributed by atoms with Crippen molar-refractivity contribution in [1.29, 1.82) is 0 Å². The second-order valence-electron chi connectivity index (χ2n) is 9.40. The normalized spacial score (nSPS) is 10.9. The van der Waals surface area contributed by atoms with Gasteiger partial charge < -0.3 is 35.6 Å². The monoisotopic (exact) mass is 536 g/mol. The second kappa shape index (κ2) is 11.8. The van der Waals surface area contributed by atoms with Crippen LogP contribution in [0.25, 0.3) is 32.7 Å². The minimum Gasteiger partial charge on any atom is -0.507 e. The molecule has 5 rings (SSSR count). The molecular formula is C32H32N4O4. The number of hydrogen-bond acceptors (Lipinski definition) is 7. The number of hydrazine groups is 1. The Kier molecular flexibility index (Phi) is 7.89. The van der Waals surface area contributed by atoms with Crippen LogP contribution in [0.4, 0.5) is 16.2 Å². The lowest BCUT2D eigenvalue weighted by Gasteiger charge is -2.21. The Morgan fingerprint density at radius 2 is 1.57 bits per heavy atom. The average molecular weight is 537 g/mol. The number of carbonyl (C=O) groups is 1. The number of phenolic OH excluding ortho intramolecular Hbond substituents is 1. The molecule has 5 aromatic rings. The maximum absolute atomic E-state index is 13.0. The van der Waals surface area contributed by atoms with E-state index in [1.54, 1.807) is 20.2 Å². The number of benzene rings is 5. The molecule has 0 aromatic heterocycles. The number of phenols is 1. The Labute approximate surface area is 233 Å². The van der Waals surface area contributed by atoms with Crippen molar-refractivity contribution in [3.8, 4) is 28.4 Å². The van der Waals surface area contributed by atoms with Crippen LogP contribution in [0.15, 0.2) is 91.0 Å². The highest BCUT2D eigenvalue weighted by Gasteiger charge is 2.21. The summed E-state index contributed by atoms with van der Waals surface area (Å²) in [6.07, 6.45) is -0.480. The first-order valence-corrected chi connectivity index (χ1v) is 13.0. The van der Waals surface area contributed by atoms with Crippen molar-refractivity contribution in [2.45, 2.75) is 0 Å². The molecule has 0 radical (unpaired) electrons. The van der Waals surface area contributed by atoms with Crippen molar-refractivity contribution < 1.29 is 19.4 Å². The van der Waals surface area contributed by atoms with Gasteiger partial charge in [0.05, 0.1) is 18.5 Å². The average Bonchev–Trinajstić information content (AvgIpc) is 3.00. The van der Waals surface area contributed by atoms with Gasteiger partial charge >= 0.3 is 6.09 Å². The van der Waals surface area contributed by atoms with E-state index in [4.69, 9.17) is 9.47 Å². The maximum atomic E-state index is 13.0. The van der Waals surface area contributed by atoms with Gasteiger partial charge in [-0.05, 0) is 54.2 Å². The Bertz CT molecular complexity index is 1650. The zero-order valence-electron chi connectivity index (χ0n) is 22.7. The summed E-state index contributed by atoms with van der Waals surface area (Å²) in [5, 5.41) is 17.9. The number of carbonyl (C=O) groups excluding carboxylic acids is 1. The molecule has 0 aliphatic carbocycles. The van der Waals surface area contributed by atoms with Crippen molar-refractivity contribution in [2.75, 3.05) is 45.1 Å². The van der Waals surface area contributed by atoms with Crippen molar-refractivity contribution in [3.63, 3.8) is 0 Å². The fourth-order valence-corrected chi connectivity index (χ4v) is 4.63. The van der Waals surface area contributed by atoms with Gasteiger partial charge in [-0.2, -0.15) is 0 Å². The number of nitrogens with zero attached hydrogens (tertiary/aromatic N) is 1. The smallest absolute Gasteiger partial charge is 0.415 e. The van der Waals surface area contributed by atoms with Gasteiger partial charge in [0.15, 0.2) is 0 Å². The number of fused-ring (bicyclic) bond motifs is 2.